The smallest absolute Gasteiger partial charge is 0.189 e. The highest BCUT2D eigenvalue weighted by Gasteiger charge is 2.35. The molecule has 0 saturated heterocycles. The SMILES string of the molecule is CCO[C@H](c1ncc(C)cn1)[C@H](C)S(=O)(=O)Cc1nnc(-c2ccn(C)n2)n1-c1c(OC)cccc1OC. The van der Waals surface area contributed by atoms with Gasteiger partial charge in [-0.05, 0) is 44.5 Å². The van der Waals surface area contributed by atoms with Crippen LogP contribution in [0, 0.1) is 6.92 Å². The number of ether oxygens (including phenoxy) is 3. The molecular formula is C25H31N7O5S. The Morgan fingerprint density at radius 2 is 1.68 bits per heavy atom. The highest BCUT2D eigenvalue weighted by atomic mass is 32.2. The van der Waals surface area contributed by atoms with Crippen LogP contribution in [0.3, 0.4) is 0 Å². The van der Waals surface area contributed by atoms with E-state index in [2.05, 4.69) is 25.3 Å². The maximum atomic E-state index is 13.8. The molecule has 0 fully saturated rings. The summed E-state index contributed by atoms with van der Waals surface area (Å²) in [6.45, 7) is 5.53. The van der Waals surface area contributed by atoms with Gasteiger partial charge in [-0.15, -0.1) is 10.2 Å². The Hall–Kier alpha value is -3.84. The van der Waals surface area contributed by atoms with Gasteiger partial charge >= 0.3 is 0 Å². The molecule has 0 bridgehead atoms. The van der Waals surface area contributed by atoms with E-state index in [1.165, 1.54) is 14.2 Å². The molecule has 2 atom stereocenters. The first kappa shape index (κ1) is 27.2. The summed E-state index contributed by atoms with van der Waals surface area (Å²) in [6.07, 6.45) is 4.17. The molecule has 0 spiro atoms. The molecule has 0 aliphatic carbocycles. The van der Waals surface area contributed by atoms with Crippen molar-refractivity contribution in [3.8, 4) is 28.7 Å². The van der Waals surface area contributed by atoms with Crippen LogP contribution < -0.4 is 9.47 Å². The third-order valence-electron chi connectivity index (χ3n) is 6.02. The molecule has 0 amide bonds. The number of hydrogen-bond donors (Lipinski definition) is 0. The van der Waals surface area contributed by atoms with Gasteiger partial charge in [0.25, 0.3) is 0 Å². The molecule has 0 radical (unpaired) electrons. The van der Waals surface area contributed by atoms with Gasteiger partial charge in [-0.1, -0.05) is 6.07 Å². The Morgan fingerprint density at radius 3 is 2.24 bits per heavy atom. The Labute approximate surface area is 221 Å². The van der Waals surface area contributed by atoms with Crippen LogP contribution in [0.4, 0.5) is 0 Å². The van der Waals surface area contributed by atoms with E-state index < -0.39 is 26.9 Å². The van der Waals surface area contributed by atoms with E-state index in [-0.39, 0.29) is 5.82 Å². The lowest BCUT2D eigenvalue weighted by Gasteiger charge is -2.23. The number of benzene rings is 1. The van der Waals surface area contributed by atoms with Crippen molar-refractivity contribution in [1.29, 1.82) is 0 Å². The first-order chi connectivity index (χ1) is 18.2. The molecule has 0 aliphatic heterocycles. The largest absolute Gasteiger partial charge is 0.494 e. The van der Waals surface area contributed by atoms with E-state index in [1.54, 1.807) is 73.0 Å². The number of sulfone groups is 1. The normalized spacial score (nSPS) is 13.3. The quantitative estimate of drug-likeness (QED) is 0.279. The number of nitrogens with zero attached hydrogens (tertiary/aromatic N) is 7. The molecule has 3 aromatic heterocycles. The average Bonchev–Trinajstić information content (AvgIpc) is 3.52. The number of hydrogen-bond acceptors (Lipinski definition) is 10. The van der Waals surface area contributed by atoms with Gasteiger partial charge in [-0.2, -0.15) is 5.10 Å². The highest BCUT2D eigenvalue weighted by molar-refractivity contribution is 7.91. The van der Waals surface area contributed by atoms with Crippen molar-refractivity contribution in [3.05, 3.63) is 60.1 Å². The maximum Gasteiger partial charge on any atom is 0.189 e. The Morgan fingerprint density at radius 1 is 1.03 bits per heavy atom. The Kier molecular flexibility index (Phi) is 8.07. The molecule has 0 N–H and O–H groups in total. The first-order valence-electron chi connectivity index (χ1n) is 12.0. The fraction of sp³-hybridized carbons (Fsp3) is 0.400. The zero-order valence-electron chi connectivity index (χ0n) is 22.2. The number of aryl methyl sites for hydroxylation is 2. The summed E-state index contributed by atoms with van der Waals surface area (Å²) >= 11 is 0. The first-order valence-corrected chi connectivity index (χ1v) is 13.7. The molecule has 4 aromatic rings. The number of rotatable bonds is 11. The van der Waals surface area contributed by atoms with Gasteiger partial charge in [0, 0.05) is 32.2 Å². The topological polar surface area (TPSA) is 136 Å². The third kappa shape index (κ3) is 5.38. The second kappa shape index (κ2) is 11.3. The zero-order valence-corrected chi connectivity index (χ0v) is 23.0. The predicted octanol–water partition coefficient (Wildman–Crippen LogP) is 2.86. The van der Waals surface area contributed by atoms with Crippen LogP contribution >= 0.6 is 0 Å². The van der Waals surface area contributed by atoms with Crippen LogP contribution in [0.15, 0.2) is 42.9 Å². The van der Waals surface area contributed by atoms with Crippen molar-refractivity contribution in [2.24, 2.45) is 7.05 Å². The van der Waals surface area contributed by atoms with E-state index in [0.29, 0.717) is 41.1 Å². The molecule has 13 heteroatoms. The number of aromatic nitrogens is 7. The molecule has 0 saturated carbocycles. The molecule has 3 heterocycles. The van der Waals surface area contributed by atoms with Crippen LogP contribution in [0.25, 0.3) is 17.2 Å². The van der Waals surface area contributed by atoms with Crippen LogP contribution in [0.1, 0.15) is 37.2 Å². The molecule has 38 heavy (non-hydrogen) atoms. The summed E-state index contributed by atoms with van der Waals surface area (Å²) in [5, 5.41) is 12.1. The lowest BCUT2D eigenvalue weighted by molar-refractivity contribution is 0.0556. The van der Waals surface area contributed by atoms with Crippen molar-refractivity contribution in [2.75, 3.05) is 20.8 Å². The van der Waals surface area contributed by atoms with Crippen LogP contribution in [-0.2, 0) is 27.4 Å². The van der Waals surface area contributed by atoms with E-state index in [4.69, 9.17) is 14.2 Å². The summed E-state index contributed by atoms with van der Waals surface area (Å²) in [6, 6.07) is 7.05. The maximum absolute atomic E-state index is 13.8. The minimum atomic E-state index is -3.86. The summed E-state index contributed by atoms with van der Waals surface area (Å²) in [5.41, 5.74) is 1.83. The van der Waals surface area contributed by atoms with Gasteiger partial charge in [0.1, 0.15) is 34.7 Å². The van der Waals surface area contributed by atoms with Crippen molar-refractivity contribution in [2.45, 2.75) is 37.9 Å². The molecule has 0 unspecified atom stereocenters. The summed E-state index contributed by atoms with van der Waals surface area (Å²) in [5.74, 6) is 1.27. The van der Waals surface area contributed by atoms with Gasteiger partial charge in [-0.25, -0.2) is 18.4 Å². The van der Waals surface area contributed by atoms with E-state index >= 15 is 0 Å². The van der Waals surface area contributed by atoms with Crippen molar-refractivity contribution in [1.82, 2.24) is 34.5 Å². The fourth-order valence-electron chi connectivity index (χ4n) is 4.05. The second-order valence-electron chi connectivity index (χ2n) is 8.67. The van der Waals surface area contributed by atoms with Crippen molar-refractivity contribution >= 4 is 9.84 Å². The molecule has 12 nitrogen and oxygen atoms in total. The predicted molar refractivity (Wildman–Crippen MR) is 140 cm³/mol. The van der Waals surface area contributed by atoms with E-state index in [9.17, 15) is 8.42 Å². The van der Waals surface area contributed by atoms with E-state index in [0.717, 1.165) is 5.56 Å². The minimum absolute atomic E-state index is 0.167. The Bertz CT molecular complexity index is 1480. The lowest BCUT2D eigenvalue weighted by Crippen LogP contribution is -2.30. The monoisotopic (exact) mass is 541 g/mol. The summed E-state index contributed by atoms with van der Waals surface area (Å²) in [4.78, 5) is 8.64. The van der Waals surface area contributed by atoms with Crippen LogP contribution in [0.5, 0.6) is 11.5 Å². The fourth-order valence-corrected chi connectivity index (χ4v) is 5.43. The second-order valence-corrected chi connectivity index (χ2v) is 11.0. The van der Waals surface area contributed by atoms with Crippen molar-refractivity contribution < 1.29 is 22.6 Å². The average molecular weight is 542 g/mol. The molecule has 4 rings (SSSR count). The van der Waals surface area contributed by atoms with Gasteiger partial charge < -0.3 is 14.2 Å². The van der Waals surface area contributed by atoms with Gasteiger partial charge in [0.05, 0.1) is 19.5 Å². The van der Waals surface area contributed by atoms with Gasteiger partial charge in [0.2, 0.25) is 0 Å². The highest BCUT2D eigenvalue weighted by Crippen LogP contribution is 2.37. The van der Waals surface area contributed by atoms with Gasteiger partial charge in [-0.3, -0.25) is 9.25 Å². The van der Waals surface area contributed by atoms with Crippen molar-refractivity contribution in [3.63, 3.8) is 0 Å². The van der Waals surface area contributed by atoms with Crippen LogP contribution in [0.2, 0.25) is 0 Å². The minimum Gasteiger partial charge on any atom is -0.494 e. The third-order valence-corrected chi connectivity index (χ3v) is 8.06. The molecule has 1 aromatic carbocycles. The lowest BCUT2D eigenvalue weighted by atomic mass is 10.2. The Balaban J connectivity index is 1.82. The summed E-state index contributed by atoms with van der Waals surface area (Å²) in [7, 11) is 0.965. The molecule has 0 aliphatic rings. The molecular weight excluding hydrogens is 510 g/mol. The van der Waals surface area contributed by atoms with Crippen LogP contribution in [-0.4, -0.2) is 69.0 Å². The summed E-state index contributed by atoms with van der Waals surface area (Å²) < 4.78 is 47.9. The van der Waals surface area contributed by atoms with Gasteiger partial charge in [0.15, 0.2) is 27.3 Å². The standard InChI is InChI=1S/C25H31N7O5S/c1-7-37-23(24-26-13-16(2)14-27-24)17(3)38(33,34)15-21-28-29-25(18-11-12-31(4)30-18)32(21)22-19(35-5)9-8-10-20(22)36-6/h8-14,17,23H,7,15H2,1-6H3/t17-,23-/m0/s1. The zero-order chi connectivity index (χ0) is 27.4. The number of methoxy groups -OCH3 is 2. The van der Waals surface area contributed by atoms with E-state index in [1.807, 2.05) is 6.92 Å². The number of para-hydroxylation sites is 1. The molecule has 202 valence electrons.